The van der Waals surface area contributed by atoms with E-state index in [1.54, 1.807) is 31.0 Å². The van der Waals surface area contributed by atoms with Crippen LogP contribution in [0.15, 0.2) is 30.3 Å². The van der Waals surface area contributed by atoms with Gasteiger partial charge in [0.1, 0.15) is 0 Å². The lowest BCUT2D eigenvalue weighted by Gasteiger charge is -2.17. The monoisotopic (exact) mass is 292 g/mol. The first-order chi connectivity index (χ1) is 7.33. The highest BCUT2D eigenvalue weighted by Crippen LogP contribution is 2.20. The number of rotatable bonds is 1. The van der Waals surface area contributed by atoms with Crippen LogP contribution in [-0.2, 0) is 0 Å². The molecule has 1 heterocycles. The molecule has 3 heteroatoms. The fourth-order valence-corrected chi connectivity index (χ4v) is 4.97. The number of hydrogen-bond acceptors (Lipinski definition) is 0. The Hall–Kier alpha value is 0.0169. The molecule has 0 saturated carbocycles. The van der Waals surface area contributed by atoms with E-state index < -0.39 is 0 Å². The average molecular weight is 293 g/mol. The van der Waals surface area contributed by atoms with E-state index in [-0.39, 0.29) is 33.6 Å². The zero-order chi connectivity index (χ0) is 10.9. The maximum absolute atomic E-state index is 2.38. The maximum Gasteiger partial charge on any atom is 0.0365 e. The van der Waals surface area contributed by atoms with Crippen LogP contribution in [-0.4, -0.2) is 8.80 Å². The predicted octanol–water partition coefficient (Wildman–Crippen LogP) is 5.26. The molecule has 100 valence electrons. The molecule has 0 nitrogen and oxygen atoms in total. The van der Waals surface area contributed by atoms with Crippen LogP contribution in [0.25, 0.3) is 0 Å². The zero-order valence-corrected chi connectivity index (χ0v) is 13.8. The van der Waals surface area contributed by atoms with Gasteiger partial charge in [-0.15, -0.1) is 24.8 Å². The molecule has 0 bridgehead atoms. The van der Waals surface area contributed by atoms with Crippen LogP contribution in [0.3, 0.4) is 0 Å². The van der Waals surface area contributed by atoms with Crippen LogP contribution >= 0.6 is 24.8 Å². The molecule has 0 aromatic heterocycles. The summed E-state index contributed by atoms with van der Waals surface area (Å²) in [5.74, 6) is 0. The molecule has 1 aliphatic heterocycles. The Labute approximate surface area is 121 Å². The van der Waals surface area contributed by atoms with Crippen molar-refractivity contribution in [2.75, 3.05) is 0 Å². The molecule has 0 radical (unpaired) electrons. The lowest BCUT2D eigenvalue weighted by molar-refractivity contribution is 0.721. The molecule has 0 atom stereocenters. The highest BCUT2D eigenvalue weighted by Gasteiger charge is 2.11. The minimum Gasteiger partial charge on any atom is -0.147 e. The van der Waals surface area contributed by atoms with Gasteiger partial charge in [-0.2, -0.15) is 0 Å². The number of benzene rings is 1. The third kappa shape index (κ3) is 9.69. The molecule has 0 aliphatic carbocycles. The molecule has 0 amide bonds. The predicted molar refractivity (Wildman–Crippen MR) is 86.8 cm³/mol. The zero-order valence-electron chi connectivity index (χ0n) is 11.0. The Kier molecular flexibility index (Phi) is 14.2. The van der Waals surface area contributed by atoms with Crippen molar-refractivity contribution >= 4 is 33.6 Å². The topological polar surface area (TPSA) is 0 Å². The van der Waals surface area contributed by atoms with E-state index in [2.05, 4.69) is 26.0 Å². The highest BCUT2D eigenvalue weighted by atomic mass is 35.5. The molecule has 0 unspecified atom stereocenters. The van der Waals surface area contributed by atoms with Crippen molar-refractivity contribution in [3.63, 3.8) is 0 Å². The molecule has 1 fully saturated rings. The quantitative estimate of drug-likeness (QED) is 0.620. The van der Waals surface area contributed by atoms with Gasteiger partial charge in [0.2, 0.25) is 0 Å². The Morgan fingerprint density at radius 2 is 1.47 bits per heavy atom. The van der Waals surface area contributed by atoms with Gasteiger partial charge in [0.25, 0.3) is 0 Å². The summed E-state index contributed by atoms with van der Waals surface area (Å²) in [7, 11) is -0.105. The van der Waals surface area contributed by atoms with Crippen LogP contribution in [0.1, 0.15) is 31.7 Å². The smallest absolute Gasteiger partial charge is 0.0365 e. The molecule has 17 heavy (non-hydrogen) atoms. The largest absolute Gasteiger partial charge is 0.147 e. The summed E-state index contributed by atoms with van der Waals surface area (Å²) < 4.78 is 0. The average Bonchev–Trinajstić information content (AvgIpc) is 2.32. The summed E-state index contributed by atoms with van der Waals surface area (Å²) in [4.78, 5) is 0. The van der Waals surface area contributed by atoms with E-state index in [1.165, 1.54) is 12.0 Å². The van der Waals surface area contributed by atoms with Crippen LogP contribution < -0.4 is 0 Å². The van der Waals surface area contributed by atoms with Crippen LogP contribution in [0.2, 0.25) is 18.1 Å². The van der Waals surface area contributed by atoms with Crippen LogP contribution in [0, 0.1) is 6.92 Å². The molecule has 0 spiro atoms. The van der Waals surface area contributed by atoms with E-state index in [0.717, 1.165) is 0 Å². The molecule has 1 aliphatic rings. The first-order valence-electron chi connectivity index (χ1n) is 6.34. The Morgan fingerprint density at radius 3 is 1.76 bits per heavy atom. The minimum atomic E-state index is -0.105. The molecular weight excluding hydrogens is 267 g/mol. The second kappa shape index (κ2) is 12.5. The molecule has 1 aromatic rings. The fraction of sp³-hybridized carbons (Fsp3) is 0.571. The van der Waals surface area contributed by atoms with Gasteiger partial charge in [-0.1, -0.05) is 80.2 Å². The Balaban J connectivity index is 0. The van der Waals surface area contributed by atoms with Crippen molar-refractivity contribution in [3.8, 4) is 0 Å². The van der Waals surface area contributed by atoms with Crippen LogP contribution in [0.4, 0.5) is 0 Å². The second-order valence-electron chi connectivity index (χ2n) is 4.57. The number of aryl methyl sites for hydroxylation is 1. The van der Waals surface area contributed by atoms with Crippen molar-refractivity contribution in [1.82, 2.24) is 0 Å². The van der Waals surface area contributed by atoms with Crippen LogP contribution in [0.5, 0.6) is 0 Å². The van der Waals surface area contributed by atoms with E-state index >= 15 is 0 Å². The van der Waals surface area contributed by atoms with Gasteiger partial charge in [-0.05, 0) is 6.92 Å². The van der Waals surface area contributed by atoms with Gasteiger partial charge in [0, 0.05) is 8.80 Å². The summed E-state index contributed by atoms with van der Waals surface area (Å²) in [5, 5.41) is 0. The molecule has 2 rings (SSSR count). The Bertz CT molecular complexity index is 246. The van der Waals surface area contributed by atoms with Gasteiger partial charge in [-0.25, -0.2) is 0 Å². The second-order valence-corrected chi connectivity index (χ2v) is 8.27. The first kappa shape index (κ1) is 19.4. The molecule has 0 N–H and O–H groups in total. The van der Waals surface area contributed by atoms with Crippen molar-refractivity contribution in [1.29, 1.82) is 0 Å². The minimum absolute atomic E-state index is 0. The summed E-state index contributed by atoms with van der Waals surface area (Å²) in [6.45, 7) is 4.46. The van der Waals surface area contributed by atoms with E-state index in [4.69, 9.17) is 0 Å². The summed E-state index contributed by atoms with van der Waals surface area (Å²) >= 11 is 0. The lowest BCUT2D eigenvalue weighted by Crippen LogP contribution is -2.13. The first-order valence-corrected chi connectivity index (χ1v) is 8.79. The molecule has 1 saturated heterocycles. The molecular formula is C14H26Cl2Si. The van der Waals surface area contributed by atoms with Gasteiger partial charge < -0.3 is 0 Å². The van der Waals surface area contributed by atoms with Gasteiger partial charge in [0.05, 0.1) is 0 Å². The summed E-state index contributed by atoms with van der Waals surface area (Å²) in [6, 6.07) is 15.1. The molecule has 1 aromatic carbocycles. The maximum atomic E-state index is 2.38. The highest BCUT2D eigenvalue weighted by molar-refractivity contribution is 6.58. The van der Waals surface area contributed by atoms with Gasteiger partial charge in [0.15, 0.2) is 0 Å². The Morgan fingerprint density at radius 1 is 0.941 bits per heavy atom. The van der Waals surface area contributed by atoms with E-state index in [1.807, 2.05) is 18.2 Å². The van der Waals surface area contributed by atoms with E-state index in [0.29, 0.717) is 0 Å². The van der Waals surface area contributed by atoms with Crippen molar-refractivity contribution < 1.29 is 0 Å². The summed E-state index contributed by atoms with van der Waals surface area (Å²) in [5.41, 5.74) is 1.32. The van der Waals surface area contributed by atoms with Crippen molar-refractivity contribution in [2.45, 2.75) is 51.2 Å². The van der Waals surface area contributed by atoms with Crippen molar-refractivity contribution in [3.05, 3.63) is 35.9 Å². The summed E-state index contributed by atoms with van der Waals surface area (Å²) in [6.07, 6.45) is 4.65. The SMILES string of the molecule is CC[SiH]1CCCCC1.Cc1ccccc1.Cl.Cl. The van der Waals surface area contributed by atoms with E-state index in [9.17, 15) is 0 Å². The van der Waals surface area contributed by atoms with Gasteiger partial charge >= 0.3 is 0 Å². The normalized spacial score (nSPS) is 14.7. The number of halogens is 2. The lowest BCUT2D eigenvalue weighted by atomic mass is 10.2. The van der Waals surface area contributed by atoms with Gasteiger partial charge in [-0.3, -0.25) is 0 Å². The number of hydrogen-bond donors (Lipinski definition) is 0. The van der Waals surface area contributed by atoms with Crippen molar-refractivity contribution in [2.24, 2.45) is 0 Å². The third-order valence-electron chi connectivity index (χ3n) is 3.24. The standard InChI is InChI=1S/C7H16Si.C7H8.2ClH/c1-2-8-6-4-3-5-7-8;1-7-5-3-2-4-6-7;;/h8H,2-7H2,1H3;2-6H,1H3;2*1H. The third-order valence-corrected chi connectivity index (χ3v) is 6.85. The fourth-order valence-electron chi connectivity index (χ4n) is 2.13.